The van der Waals surface area contributed by atoms with Gasteiger partial charge in [0.2, 0.25) is 0 Å². The Bertz CT molecular complexity index is 383. The van der Waals surface area contributed by atoms with E-state index in [1.165, 1.54) is 7.11 Å². The topological polar surface area (TPSA) is 63.6 Å². The van der Waals surface area contributed by atoms with Crippen LogP contribution in [0.5, 0.6) is 0 Å². The van der Waals surface area contributed by atoms with Crippen molar-refractivity contribution in [3.63, 3.8) is 0 Å². The van der Waals surface area contributed by atoms with Gasteiger partial charge in [0.15, 0.2) is 5.78 Å². The van der Waals surface area contributed by atoms with Crippen LogP contribution in [0.4, 0.5) is 0 Å². The minimum absolute atomic E-state index is 0.0454. The molecule has 0 aliphatic rings. The van der Waals surface area contributed by atoms with Crippen molar-refractivity contribution in [3.05, 3.63) is 35.4 Å². The molecule has 0 saturated heterocycles. The first kappa shape index (κ1) is 15.3. The van der Waals surface area contributed by atoms with Gasteiger partial charge in [0.25, 0.3) is 0 Å². The molecule has 4 nitrogen and oxygen atoms in total. The summed E-state index contributed by atoms with van der Waals surface area (Å²) in [5.74, 6) is -0.647. The van der Waals surface area contributed by atoms with Gasteiger partial charge in [0.1, 0.15) is 0 Å². The van der Waals surface area contributed by atoms with Gasteiger partial charge in [-0.05, 0) is 6.07 Å². The number of aliphatic hydroxyl groups excluding tert-OH is 1. The molecule has 0 saturated carbocycles. The number of carbonyl (C=O) groups excluding carboxylic acids is 2. The third-order valence-electron chi connectivity index (χ3n) is 2.12. The summed E-state index contributed by atoms with van der Waals surface area (Å²) in [5.41, 5.74) is 0.762. The van der Waals surface area contributed by atoms with E-state index in [0.717, 1.165) is 7.11 Å². The summed E-state index contributed by atoms with van der Waals surface area (Å²) < 4.78 is 4.62. The Balaban J connectivity index is 0.00000121. The molecule has 1 aromatic carbocycles. The molecule has 17 heavy (non-hydrogen) atoms. The first-order valence-corrected chi connectivity index (χ1v) is 5.24. The van der Waals surface area contributed by atoms with Gasteiger partial charge in [-0.3, -0.25) is 4.79 Å². The highest BCUT2D eigenvalue weighted by molar-refractivity contribution is 6.06. The largest absolute Gasteiger partial charge is 0.465 e. The Morgan fingerprint density at radius 2 is 1.59 bits per heavy atom. The zero-order valence-corrected chi connectivity index (χ0v) is 10.6. The lowest BCUT2D eigenvalue weighted by Gasteiger charge is -2.08. The molecule has 0 atom stereocenters. The second-order valence-corrected chi connectivity index (χ2v) is 3.56. The summed E-state index contributed by atoms with van der Waals surface area (Å²) in [6.45, 7) is 3.60. The minimum atomic E-state index is -0.473. The van der Waals surface area contributed by atoms with Crippen LogP contribution in [0, 0.1) is 5.92 Å². The highest BCUT2D eigenvalue weighted by Gasteiger charge is 2.18. The van der Waals surface area contributed by atoms with Crippen LogP contribution in [0.3, 0.4) is 0 Å². The third kappa shape index (κ3) is 4.00. The molecule has 1 N–H and O–H groups in total. The Morgan fingerprint density at radius 1 is 1.12 bits per heavy atom. The summed E-state index contributed by atoms with van der Waals surface area (Å²) >= 11 is 0. The maximum absolute atomic E-state index is 11.8. The van der Waals surface area contributed by atoms with Gasteiger partial charge in [-0.2, -0.15) is 0 Å². The fourth-order valence-electron chi connectivity index (χ4n) is 1.30. The molecule has 0 fully saturated rings. The molecule has 0 radical (unpaired) electrons. The molecule has 0 heterocycles. The Labute approximate surface area is 101 Å². The number of benzene rings is 1. The molecule has 4 heteroatoms. The molecule has 0 aliphatic heterocycles. The summed E-state index contributed by atoms with van der Waals surface area (Å²) in [5, 5.41) is 7.00. The van der Waals surface area contributed by atoms with Crippen molar-refractivity contribution >= 4 is 11.8 Å². The lowest BCUT2D eigenvalue weighted by Crippen LogP contribution is -2.14. The van der Waals surface area contributed by atoms with Crippen molar-refractivity contribution in [2.24, 2.45) is 5.92 Å². The fraction of sp³-hybridized carbons (Fsp3) is 0.385. The molecule has 94 valence electrons. The van der Waals surface area contributed by atoms with E-state index in [0.29, 0.717) is 11.1 Å². The van der Waals surface area contributed by atoms with Gasteiger partial charge in [-0.25, -0.2) is 4.79 Å². The molecule has 0 aromatic heterocycles. The molecular weight excluding hydrogens is 220 g/mol. The number of esters is 1. The highest BCUT2D eigenvalue weighted by atomic mass is 16.5. The molecule has 0 amide bonds. The zero-order chi connectivity index (χ0) is 13.4. The van der Waals surface area contributed by atoms with Crippen LogP contribution in [0.2, 0.25) is 0 Å². The lowest BCUT2D eigenvalue weighted by atomic mass is 9.96. The molecule has 1 rings (SSSR count). The molecule has 0 bridgehead atoms. The van der Waals surface area contributed by atoms with Gasteiger partial charge in [0, 0.05) is 18.6 Å². The smallest absolute Gasteiger partial charge is 0.338 e. The molecular formula is C13H18O4. The summed E-state index contributed by atoms with van der Waals surface area (Å²) in [6, 6.07) is 6.70. The number of carbonyl (C=O) groups is 2. The van der Waals surface area contributed by atoms with Gasteiger partial charge in [-0.1, -0.05) is 32.0 Å². The second-order valence-electron chi connectivity index (χ2n) is 3.56. The predicted octanol–water partition coefficient (Wildman–Crippen LogP) is 1.92. The van der Waals surface area contributed by atoms with E-state index in [4.69, 9.17) is 5.11 Å². The second kappa shape index (κ2) is 7.57. The summed E-state index contributed by atoms with van der Waals surface area (Å²) in [4.78, 5) is 23.2. The van der Waals surface area contributed by atoms with Crippen LogP contribution in [0.25, 0.3) is 0 Å². The average Bonchev–Trinajstić information content (AvgIpc) is 2.39. The monoisotopic (exact) mass is 238 g/mol. The van der Waals surface area contributed by atoms with Gasteiger partial charge in [-0.15, -0.1) is 0 Å². The number of rotatable bonds is 3. The van der Waals surface area contributed by atoms with Crippen LogP contribution in [0.15, 0.2) is 24.3 Å². The minimum Gasteiger partial charge on any atom is -0.465 e. The summed E-state index contributed by atoms with van der Waals surface area (Å²) in [7, 11) is 2.30. The third-order valence-corrected chi connectivity index (χ3v) is 2.12. The molecule has 0 aliphatic carbocycles. The van der Waals surface area contributed by atoms with Crippen molar-refractivity contribution in [2.75, 3.05) is 14.2 Å². The quantitative estimate of drug-likeness (QED) is 0.645. The SMILES string of the molecule is CO.COC(=O)c1ccccc1C(=O)C(C)C. The van der Waals surface area contributed by atoms with Crippen LogP contribution in [-0.2, 0) is 4.74 Å². The number of Topliss-reactive ketones (excluding diaryl/α,β-unsaturated/α-hetero) is 1. The van der Waals surface area contributed by atoms with E-state index >= 15 is 0 Å². The van der Waals surface area contributed by atoms with Crippen LogP contribution < -0.4 is 0 Å². The summed E-state index contributed by atoms with van der Waals surface area (Å²) in [6.07, 6.45) is 0. The van der Waals surface area contributed by atoms with E-state index < -0.39 is 5.97 Å². The maximum Gasteiger partial charge on any atom is 0.338 e. The van der Waals surface area contributed by atoms with Gasteiger partial charge >= 0.3 is 5.97 Å². The number of methoxy groups -OCH3 is 1. The van der Waals surface area contributed by atoms with Crippen molar-refractivity contribution in [1.82, 2.24) is 0 Å². The first-order chi connectivity index (χ1) is 8.07. The number of hydrogen-bond acceptors (Lipinski definition) is 4. The molecule has 1 aromatic rings. The van der Waals surface area contributed by atoms with E-state index in [1.54, 1.807) is 38.1 Å². The molecule has 0 spiro atoms. The van der Waals surface area contributed by atoms with Crippen LogP contribution in [-0.4, -0.2) is 31.1 Å². The zero-order valence-electron chi connectivity index (χ0n) is 10.6. The van der Waals surface area contributed by atoms with E-state index in [2.05, 4.69) is 4.74 Å². The number of ether oxygens (including phenoxy) is 1. The molecule has 0 unspecified atom stereocenters. The Kier molecular flexibility index (Phi) is 6.82. The Morgan fingerprint density at radius 3 is 2.00 bits per heavy atom. The first-order valence-electron chi connectivity index (χ1n) is 5.24. The predicted molar refractivity (Wildman–Crippen MR) is 65.1 cm³/mol. The Hall–Kier alpha value is -1.68. The number of hydrogen-bond donors (Lipinski definition) is 1. The van der Waals surface area contributed by atoms with Crippen LogP contribution >= 0.6 is 0 Å². The van der Waals surface area contributed by atoms with Crippen molar-refractivity contribution < 1.29 is 19.4 Å². The lowest BCUT2D eigenvalue weighted by molar-refractivity contribution is 0.0596. The number of aliphatic hydroxyl groups is 1. The number of ketones is 1. The normalized spacial score (nSPS) is 9.29. The van der Waals surface area contributed by atoms with Crippen LogP contribution in [0.1, 0.15) is 34.6 Å². The average molecular weight is 238 g/mol. The van der Waals surface area contributed by atoms with Crippen molar-refractivity contribution in [3.8, 4) is 0 Å². The van der Waals surface area contributed by atoms with Gasteiger partial charge < -0.3 is 9.84 Å². The highest BCUT2D eigenvalue weighted by Crippen LogP contribution is 2.14. The van der Waals surface area contributed by atoms with E-state index in [9.17, 15) is 9.59 Å². The van der Waals surface area contributed by atoms with E-state index in [-0.39, 0.29) is 11.7 Å². The maximum atomic E-state index is 11.8. The standard InChI is InChI=1S/C12H14O3.CH4O/c1-8(2)11(13)9-6-4-5-7-10(9)12(14)15-3;1-2/h4-8H,1-3H3;2H,1H3. The fourth-order valence-corrected chi connectivity index (χ4v) is 1.30. The van der Waals surface area contributed by atoms with Gasteiger partial charge in [0.05, 0.1) is 12.7 Å². The van der Waals surface area contributed by atoms with E-state index in [1.807, 2.05) is 0 Å². The van der Waals surface area contributed by atoms with Crippen molar-refractivity contribution in [1.29, 1.82) is 0 Å². The van der Waals surface area contributed by atoms with Crippen molar-refractivity contribution in [2.45, 2.75) is 13.8 Å².